The first-order chi connectivity index (χ1) is 9.13. The van der Waals surface area contributed by atoms with E-state index in [1.807, 2.05) is 12.1 Å². The standard InChI is InChI=1S/C12H7Cl2N3O2/c13-10(18)7-19-12-11(14)9(6-15)16-17(12)8-4-2-1-3-5-8/h1-5H,7H2. The third-order valence-corrected chi connectivity index (χ3v) is 2.67. The van der Waals surface area contributed by atoms with Crippen molar-refractivity contribution < 1.29 is 9.53 Å². The van der Waals surface area contributed by atoms with Crippen LogP contribution in [0.15, 0.2) is 30.3 Å². The van der Waals surface area contributed by atoms with Crippen LogP contribution in [-0.4, -0.2) is 21.6 Å². The van der Waals surface area contributed by atoms with Crippen molar-refractivity contribution in [1.82, 2.24) is 9.78 Å². The molecule has 2 rings (SSSR count). The van der Waals surface area contributed by atoms with E-state index in [9.17, 15) is 4.79 Å². The van der Waals surface area contributed by atoms with Gasteiger partial charge in [-0.15, -0.1) is 0 Å². The number of para-hydroxylation sites is 1. The maximum absolute atomic E-state index is 10.8. The molecule has 0 bridgehead atoms. The number of nitriles is 1. The fourth-order valence-electron chi connectivity index (χ4n) is 1.45. The number of halogens is 2. The number of rotatable bonds is 4. The maximum atomic E-state index is 10.8. The van der Waals surface area contributed by atoms with Gasteiger partial charge in [0.05, 0.1) is 5.69 Å². The van der Waals surface area contributed by atoms with Crippen molar-refractivity contribution in [2.45, 2.75) is 0 Å². The van der Waals surface area contributed by atoms with Crippen molar-refractivity contribution in [2.24, 2.45) is 0 Å². The Hall–Kier alpha value is -2.03. The van der Waals surface area contributed by atoms with Crippen LogP contribution in [0, 0.1) is 11.3 Å². The molecule has 0 unspecified atom stereocenters. The van der Waals surface area contributed by atoms with Crippen molar-refractivity contribution in [3.63, 3.8) is 0 Å². The molecule has 0 fully saturated rings. The van der Waals surface area contributed by atoms with E-state index in [-0.39, 0.29) is 23.2 Å². The van der Waals surface area contributed by atoms with Crippen LogP contribution in [0.2, 0.25) is 5.02 Å². The average Bonchev–Trinajstić information content (AvgIpc) is 2.74. The van der Waals surface area contributed by atoms with Crippen LogP contribution >= 0.6 is 23.2 Å². The molecule has 0 aliphatic rings. The van der Waals surface area contributed by atoms with Crippen LogP contribution in [0.25, 0.3) is 5.69 Å². The predicted octanol–water partition coefficient (Wildman–Crippen LogP) is 2.54. The fraction of sp³-hybridized carbons (Fsp3) is 0.0833. The monoisotopic (exact) mass is 295 g/mol. The first-order valence-electron chi connectivity index (χ1n) is 5.18. The van der Waals surface area contributed by atoms with Gasteiger partial charge in [0.25, 0.3) is 5.24 Å². The van der Waals surface area contributed by atoms with Gasteiger partial charge in [-0.1, -0.05) is 29.8 Å². The lowest BCUT2D eigenvalue weighted by atomic mass is 10.3. The van der Waals surface area contributed by atoms with Crippen LogP contribution in [0.4, 0.5) is 0 Å². The minimum Gasteiger partial charge on any atom is -0.467 e. The van der Waals surface area contributed by atoms with E-state index in [0.29, 0.717) is 5.69 Å². The Morgan fingerprint density at radius 3 is 2.68 bits per heavy atom. The molecule has 0 aliphatic carbocycles. The van der Waals surface area contributed by atoms with E-state index in [0.717, 1.165) is 0 Å². The second-order valence-corrected chi connectivity index (χ2v) is 4.27. The van der Waals surface area contributed by atoms with Crippen LogP contribution in [0.5, 0.6) is 5.88 Å². The number of carbonyl (C=O) groups excluding carboxylic acids is 1. The summed E-state index contributed by atoms with van der Waals surface area (Å²) < 4.78 is 6.55. The highest BCUT2D eigenvalue weighted by Gasteiger charge is 2.19. The summed E-state index contributed by atoms with van der Waals surface area (Å²) in [5.74, 6) is 0.110. The van der Waals surface area contributed by atoms with Crippen LogP contribution in [-0.2, 0) is 4.79 Å². The minimum atomic E-state index is -0.671. The zero-order valence-corrected chi connectivity index (χ0v) is 11.0. The summed E-state index contributed by atoms with van der Waals surface area (Å²) in [6.45, 7) is -0.356. The summed E-state index contributed by atoms with van der Waals surface area (Å²) in [6, 6.07) is 10.8. The molecule has 5 nitrogen and oxygen atoms in total. The smallest absolute Gasteiger partial charge is 0.259 e. The molecular weight excluding hydrogens is 289 g/mol. The van der Waals surface area contributed by atoms with E-state index in [1.54, 1.807) is 24.3 Å². The summed E-state index contributed by atoms with van der Waals surface area (Å²) in [7, 11) is 0. The second kappa shape index (κ2) is 5.74. The molecule has 0 saturated carbocycles. The lowest BCUT2D eigenvalue weighted by Gasteiger charge is -2.07. The Bertz CT molecular complexity index is 647. The molecule has 1 aromatic heterocycles. The van der Waals surface area contributed by atoms with Gasteiger partial charge in [-0.2, -0.15) is 15.0 Å². The van der Waals surface area contributed by atoms with Gasteiger partial charge in [0.2, 0.25) is 5.88 Å². The highest BCUT2D eigenvalue weighted by Crippen LogP contribution is 2.30. The van der Waals surface area contributed by atoms with E-state index >= 15 is 0 Å². The van der Waals surface area contributed by atoms with Gasteiger partial charge in [-0.05, 0) is 23.7 Å². The summed E-state index contributed by atoms with van der Waals surface area (Å²) in [5, 5.41) is 12.3. The molecule has 0 saturated heterocycles. The zero-order chi connectivity index (χ0) is 13.8. The molecule has 7 heteroatoms. The van der Waals surface area contributed by atoms with Gasteiger partial charge in [0.1, 0.15) is 11.1 Å². The number of hydrogen-bond donors (Lipinski definition) is 0. The molecule has 0 radical (unpaired) electrons. The minimum absolute atomic E-state index is 0.0162. The number of hydrogen-bond acceptors (Lipinski definition) is 4. The topological polar surface area (TPSA) is 67.9 Å². The molecular formula is C12H7Cl2N3O2. The highest BCUT2D eigenvalue weighted by atomic mass is 35.5. The largest absolute Gasteiger partial charge is 0.467 e. The average molecular weight is 296 g/mol. The van der Waals surface area contributed by atoms with E-state index in [1.165, 1.54) is 4.68 Å². The van der Waals surface area contributed by atoms with Gasteiger partial charge in [0, 0.05) is 0 Å². The van der Waals surface area contributed by atoms with Crippen LogP contribution < -0.4 is 4.74 Å². The Morgan fingerprint density at radius 1 is 1.42 bits per heavy atom. The van der Waals surface area contributed by atoms with Crippen molar-refractivity contribution in [3.05, 3.63) is 41.0 Å². The third kappa shape index (κ3) is 2.87. The number of benzene rings is 1. The van der Waals surface area contributed by atoms with Gasteiger partial charge < -0.3 is 4.74 Å². The van der Waals surface area contributed by atoms with Crippen molar-refractivity contribution in [1.29, 1.82) is 5.26 Å². The Kier molecular flexibility index (Phi) is 4.05. The number of nitrogens with zero attached hydrogens (tertiary/aromatic N) is 3. The second-order valence-electron chi connectivity index (χ2n) is 3.47. The van der Waals surface area contributed by atoms with Crippen LogP contribution in [0.3, 0.4) is 0 Å². The first-order valence-corrected chi connectivity index (χ1v) is 5.94. The summed E-state index contributed by atoms with van der Waals surface area (Å²) in [6.07, 6.45) is 0. The highest BCUT2D eigenvalue weighted by molar-refractivity contribution is 6.63. The summed E-state index contributed by atoms with van der Waals surface area (Å²) in [4.78, 5) is 10.8. The van der Waals surface area contributed by atoms with Gasteiger partial charge in [-0.3, -0.25) is 4.79 Å². The van der Waals surface area contributed by atoms with Crippen molar-refractivity contribution in [3.8, 4) is 17.6 Å². The molecule has 0 N–H and O–H groups in total. The van der Waals surface area contributed by atoms with E-state index < -0.39 is 5.24 Å². The fourth-order valence-corrected chi connectivity index (χ4v) is 1.72. The SMILES string of the molecule is N#Cc1nn(-c2ccccc2)c(OCC(=O)Cl)c1Cl. The first kappa shape index (κ1) is 13.4. The van der Waals surface area contributed by atoms with Crippen molar-refractivity contribution in [2.75, 3.05) is 6.61 Å². The molecule has 0 spiro atoms. The Balaban J connectivity index is 2.48. The molecule has 0 atom stereocenters. The normalized spacial score (nSPS) is 9.95. The molecule has 96 valence electrons. The lowest BCUT2D eigenvalue weighted by Crippen LogP contribution is -2.08. The zero-order valence-electron chi connectivity index (χ0n) is 9.51. The van der Waals surface area contributed by atoms with E-state index in [2.05, 4.69) is 5.10 Å². The maximum Gasteiger partial charge on any atom is 0.259 e. The Morgan fingerprint density at radius 2 is 2.11 bits per heavy atom. The number of aromatic nitrogens is 2. The predicted molar refractivity (Wildman–Crippen MR) is 69.6 cm³/mol. The molecule has 1 heterocycles. The van der Waals surface area contributed by atoms with Crippen LogP contribution in [0.1, 0.15) is 5.69 Å². The Labute approximate surface area is 118 Å². The molecule has 0 aliphatic heterocycles. The van der Waals surface area contributed by atoms with Gasteiger partial charge in [-0.25, -0.2) is 0 Å². The quantitative estimate of drug-likeness (QED) is 0.813. The molecule has 1 aromatic carbocycles. The number of ether oxygens (including phenoxy) is 1. The summed E-state index contributed by atoms with van der Waals surface area (Å²) >= 11 is 11.2. The lowest BCUT2D eigenvalue weighted by molar-refractivity contribution is -0.113. The van der Waals surface area contributed by atoms with Gasteiger partial charge >= 0.3 is 0 Å². The molecule has 0 amide bonds. The summed E-state index contributed by atoms with van der Waals surface area (Å²) in [5.41, 5.74) is 0.672. The van der Waals surface area contributed by atoms with Crippen molar-refractivity contribution >= 4 is 28.4 Å². The molecule has 19 heavy (non-hydrogen) atoms. The van der Waals surface area contributed by atoms with E-state index in [4.69, 9.17) is 33.2 Å². The number of carbonyl (C=O) groups is 1. The molecule has 2 aromatic rings. The third-order valence-electron chi connectivity index (χ3n) is 2.22. The van der Waals surface area contributed by atoms with Gasteiger partial charge in [0.15, 0.2) is 12.3 Å².